The van der Waals surface area contributed by atoms with Gasteiger partial charge in [0.05, 0.1) is 5.69 Å². The van der Waals surface area contributed by atoms with Gasteiger partial charge in [0, 0.05) is 30.7 Å². The summed E-state index contributed by atoms with van der Waals surface area (Å²) in [5.41, 5.74) is 1.16. The van der Waals surface area contributed by atoms with E-state index >= 15 is 0 Å². The summed E-state index contributed by atoms with van der Waals surface area (Å²) >= 11 is 0. The van der Waals surface area contributed by atoms with Crippen LogP contribution in [-0.2, 0) is 6.42 Å². The third kappa shape index (κ3) is 2.02. The number of hydrogen-bond donors (Lipinski definition) is 1. The van der Waals surface area contributed by atoms with Gasteiger partial charge in [0.2, 0.25) is 0 Å². The Hall–Kier alpha value is -0.960. The van der Waals surface area contributed by atoms with E-state index in [9.17, 15) is 0 Å². The highest BCUT2D eigenvalue weighted by Gasteiger charge is 2.33. The highest BCUT2D eigenvalue weighted by molar-refractivity contribution is 5.00. The molecule has 0 spiro atoms. The van der Waals surface area contributed by atoms with E-state index in [-0.39, 0.29) is 0 Å². The average molecular weight is 203 g/mol. The van der Waals surface area contributed by atoms with Crippen LogP contribution in [0.5, 0.6) is 0 Å². The molecule has 2 unspecified atom stereocenters. The first kappa shape index (κ1) is 9.28. The second-order valence-corrected chi connectivity index (χ2v) is 4.88. The van der Waals surface area contributed by atoms with Gasteiger partial charge in [-0.25, -0.2) is 0 Å². The van der Waals surface area contributed by atoms with Crippen LogP contribution in [0.25, 0.3) is 0 Å². The molecular formula is C12H17N3. The van der Waals surface area contributed by atoms with Crippen molar-refractivity contribution in [3.05, 3.63) is 24.3 Å². The lowest BCUT2D eigenvalue weighted by Gasteiger charge is -2.28. The Morgan fingerprint density at radius 1 is 1.20 bits per heavy atom. The minimum absolute atomic E-state index is 0.783. The number of rotatable bonds is 2. The molecule has 1 N–H and O–H groups in total. The highest BCUT2D eigenvalue weighted by atomic mass is 15.0. The molecule has 2 atom stereocenters. The first-order valence-electron chi connectivity index (χ1n) is 5.91. The summed E-state index contributed by atoms with van der Waals surface area (Å²) in [6.07, 6.45) is 12.0. The fourth-order valence-electron chi connectivity index (χ4n) is 3.07. The van der Waals surface area contributed by atoms with Crippen molar-refractivity contribution in [3.63, 3.8) is 0 Å². The Morgan fingerprint density at radius 2 is 2.00 bits per heavy atom. The zero-order chi connectivity index (χ0) is 10.1. The molecule has 3 heterocycles. The lowest BCUT2D eigenvalue weighted by molar-refractivity contribution is 0.297. The number of fused-ring (bicyclic) bond motifs is 2. The molecule has 0 aliphatic carbocycles. The predicted octanol–water partition coefficient (Wildman–Crippen LogP) is 1.55. The highest BCUT2D eigenvalue weighted by Crippen LogP contribution is 2.32. The van der Waals surface area contributed by atoms with E-state index in [4.69, 9.17) is 0 Å². The topological polar surface area (TPSA) is 37.8 Å². The van der Waals surface area contributed by atoms with Crippen LogP contribution >= 0.6 is 0 Å². The van der Waals surface area contributed by atoms with Crippen LogP contribution in [0.2, 0.25) is 0 Å². The van der Waals surface area contributed by atoms with Gasteiger partial charge in [-0.05, 0) is 38.0 Å². The van der Waals surface area contributed by atoms with Crippen molar-refractivity contribution in [2.75, 3.05) is 0 Å². The third-order valence-corrected chi connectivity index (χ3v) is 3.69. The van der Waals surface area contributed by atoms with Crippen LogP contribution in [0.15, 0.2) is 18.6 Å². The number of aromatic nitrogens is 2. The maximum Gasteiger partial charge on any atom is 0.0589 e. The number of hydrogen-bond acceptors (Lipinski definition) is 3. The molecular weight excluding hydrogens is 186 g/mol. The van der Waals surface area contributed by atoms with Crippen LogP contribution in [-0.4, -0.2) is 22.1 Å². The van der Waals surface area contributed by atoms with Crippen molar-refractivity contribution in [1.82, 2.24) is 15.3 Å². The Kier molecular flexibility index (Phi) is 2.41. The molecule has 3 rings (SSSR count). The monoisotopic (exact) mass is 203 g/mol. The molecule has 3 nitrogen and oxygen atoms in total. The molecule has 2 fully saturated rings. The summed E-state index contributed by atoms with van der Waals surface area (Å²) in [4.78, 5) is 8.49. The number of nitrogens with zero attached hydrogens (tertiary/aromatic N) is 2. The van der Waals surface area contributed by atoms with Gasteiger partial charge in [0.1, 0.15) is 0 Å². The van der Waals surface area contributed by atoms with Crippen LogP contribution in [0.4, 0.5) is 0 Å². The van der Waals surface area contributed by atoms with E-state index in [1.807, 2.05) is 6.20 Å². The molecule has 3 heteroatoms. The Balaban J connectivity index is 1.65. The summed E-state index contributed by atoms with van der Waals surface area (Å²) in [5.74, 6) is 0.820. The van der Waals surface area contributed by atoms with Crippen molar-refractivity contribution in [1.29, 1.82) is 0 Å². The van der Waals surface area contributed by atoms with E-state index in [0.29, 0.717) is 0 Å². The Bertz CT molecular complexity index is 313. The Labute approximate surface area is 90.3 Å². The average Bonchev–Trinajstić information content (AvgIpc) is 2.60. The molecule has 2 saturated heterocycles. The largest absolute Gasteiger partial charge is 0.311 e. The molecule has 80 valence electrons. The van der Waals surface area contributed by atoms with Gasteiger partial charge >= 0.3 is 0 Å². The van der Waals surface area contributed by atoms with E-state index in [1.165, 1.54) is 25.7 Å². The predicted molar refractivity (Wildman–Crippen MR) is 58.4 cm³/mol. The molecule has 1 aromatic heterocycles. The normalized spacial score (nSPS) is 34.3. The molecule has 2 aliphatic heterocycles. The van der Waals surface area contributed by atoms with Crippen LogP contribution in [0.3, 0.4) is 0 Å². The van der Waals surface area contributed by atoms with Gasteiger partial charge in [-0.2, -0.15) is 0 Å². The molecule has 0 radical (unpaired) electrons. The summed E-state index contributed by atoms with van der Waals surface area (Å²) in [5, 5.41) is 3.67. The van der Waals surface area contributed by atoms with Crippen molar-refractivity contribution >= 4 is 0 Å². The zero-order valence-electron chi connectivity index (χ0n) is 8.89. The Morgan fingerprint density at radius 3 is 2.67 bits per heavy atom. The van der Waals surface area contributed by atoms with Crippen molar-refractivity contribution in [3.8, 4) is 0 Å². The zero-order valence-corrected chi connectivity index (χ0v) is 8.89. The second-order valence-electron chi connectivity index (χ2n) is 4.88. The minimum atomic E-state index is 0.783. The summed E-state index contributed by atoms with van der Waals surface area (Å²) < 4.78 is 0. The van der Waals surface area contributed by atoms with Crippen molar-refractivity contribution in [2.45, 2.75) is 44.2 Å². The molecule has 0 saturated carbocycles. The van der Waals surface area contributed by atoms with Crippen LogP contribution in [0, 0.1) is 5.92 Å². The lowest BCUT2D eigenvalue weighted by atomic mass is 9.89. The van der Waals surface area contributed by atoms with Gasteiger partial charge < -0.3 is 5.32 Å². The quantitative estimate of drug-likeness (QED) is 0.792. The van der Waals surface area contributed by atoms with Crippen LogP contribution in [0.1, 0.15) is 31.4 Å². The minimum Gasteiger partial charge on any atom is -0.311 e. The standard InChI is InChI=1S/C12H17N3/c1-2-11-6-9(5-10(1)15-11)7-12-8-13-3-4-14-12/h3-4,8-11,15H,1-2,5-7H2. The summed E-state index contributed by atoms with van der Waals surface area (Å²) in [6, 6.07) is 1.57. The number of nitrogens with one attached hydrogen (secondary N) is 1. The van der Waals surface area contributed by atoms with Crippen LogP contribution < -0.4 is 5.32 Å². The van der Waals surface area contributed by atoms with Gasteiger partial charge in [-0.3, -0.25) is 9.97 Å². The van der Waals surface area contributed by atoms with E-state index in [0.717, 1.165) is 30.1 Å². The fourth-order valence-corrected chi connectivity index (χ4v) is 3.07. The van der Waals surface area contributed by atoms with Crippen molar-refractivity contribution < 1.29 is 0 Å². The van der Waals surface area contributed by atoms with E-state index < -0.39 is 0 Å². The molecule has 0 aromatic carbocycles. The SMILES string of the molecule is c1cnc(CC2CC3CCC(C2)N3)cn1. The fraction of sp³-hybridized carbons (Fsp3) is 0.667. The summed E-state index contributed by atoms with van der Waals surface area (Å²) in [6.45, 7) is 0. The second kappa shape index (κ2) is 3.89. The first-order chi connectivity index (χ1) is 7.40. The van der Waals surface area contributed by atoms with Gasteiger partial charge in [-0.15, -0.1) is 0 Å². The maximum absolute atomic E-state index is 4.36. The molecule has 2 aliphatic rings. The van der Waals surface area contributed by atoms with Gasteiger partial charge in [-0.1, -0.05) is 0 Å². The van der Waals surface area contributed by atoms with Crippen molar-refractivity contribution in [2.24, 2.45) is 5.92 Å². The van der Waals surface area contributed by atoms with Gasteiger partial charge in [0.15, 0.2) is 0 Å². The lowest BCUT2D eigenvalue weighted by Crippen LogP contribution is -2.38. The smallest absolute Gasteiger partial charge is 0.0589 e. The molecule has 15 heavy (non-hydrogen) atoms. The maximum atomic E-state index is 4.36. The first-order valence-corrected chi connectivity index (χ1v) is 5.91. The molecule has 0 amide bonds. The molecule has 1 aromatic rings. The van der Waals surface area contributed by atoms with E-state index in [1.54, 1.807) is 12.4 Å². The number of piperidine rings is 1. The van der Waals surface area contributed by atoms with E-state index in [2.05, 4.69) is 15.3 Å². The summed E-state index contributed by atoms with van der Waals surface area (Å²) in [7, 11) is 0. The van der Waals surface area contributed by atoms with Gasteiger partial charge in [0.25, 0.3) is 0 Å². The third-order valence-electron chi connectivity index (χ3n) is 3.69. The molecule has 2 bridgehead atoms.